The Bertz CT molecular complexity index is 519. The number of benzene rings is 1. The van der Waals surface area contributed by atoms with Gasteiger partial charge in [-0.1, -0.05) is 18.2 Å². The number of rotatable bonds is 2. The average molecular weight is 202 g/mol. The highest BCUT2D eigenvalue weighted by Crippen LogP contribution is 2.14. The lowest BCUT2D eigenvalue weighted by atomic mass is 10.2. The number of guanidine groups is 1. The fourth-order valence-corrected chi connectivity index (χ4v) is 1.39. The molecule has 1 aromatic heterocycles. The highest BCUT2D eigenvalue weighted by atomic mass is 15.3. The molecule has 0 saturated carbocycles. The lowest BCUT2D eigenvalue weighted by Gasteiger charge is -1.86. The number of nitrogens with zero attached hydrogens (tertiary/aromatic N) is 1. The molecular formula is C10H12N5+. The van der Waals surface area contributed by atoms with E-state index < -0.39 is 0 Å². The summed E-state index contributed by atoms with van der Waals surface area (Å²) in [5.74, 6) is 0.00564. The van der Waals surface area contributed by atoms with E-state index in [1.807, 2.05) is 30.5 Å². The first-order valence-electron chi connectivity index (χ1n) is 4.51. The minimum absolute atomic E-state index is 0.00564. The summed E-state index contributed by atoms with van der Waals surface area (Å²) in [6.45, 7) is 0. The van der Waals surface area contributed by atoms with Gasteiger partial charge in [-0.15, -0.1) is 5.10 Å². The van der Waals surface area contributed by atoms with E-state index in [0.29, 0.717) is 0 Å². The van der Waals surface area contributed by atoms with Crippen molar-refractivity contribution in [3.05, 3.63) is 36.0 Å². The molecular weight excluding hydrogens is 190 g/mol. The van der Waals surface area contributed by atoms with Crippen LogP contribution in [0, 0.1) is 0 Å². The summed E-state index contributed by atoms with van der Waals surface area (Å²) in [6, 6.07) is 7.99. The summed E-state index contributed by atoms with van der Waals surface area (Å²) >= 11 is 0. The Balaban J connectivity index is 2.37. The van der Waals surface area contributed by atoms with E-state index in [4.69, 9.17) is 11.5 Å². The highest BCUT2D eigenvalue weighted by Gasteiger charge is 2.01. The minimum Gasteiger partial charge on any atom is -0.365 e. The second kappa shape index (κ2) is 3.83. The lowest BCUT2D eigenvalue weighted by Crippen LogP contribution is -2.63. The van der Waals surface area contributed by atoms with Crippen LogP contribution in [0.5, 0.6) is 0 Å². The standard InChI is InChI=1S/C10H11N5/c11-10(12)15-14-6-7-5-13-9-4-2-1-3-8(7)9/h1-6,13H,(H4,11,12,15)/p+1/b14-6+. The summed E-state index contributed by atoms with van der Waals surface area (Å²) < 4.78 is 0. The lowest BCUT2D eigenvalue weighted by molar-refractivity contribution is -0.456. The van der Waals surface area contributed by atoms with Crippen molar-refractivity contribution in [2.24, 2.45) is 16.6 Å². The van der Waals surface area contributed by atoms with E-state index in [2.05, 4.69) is 15.2 Å². The first-order valence-corrected chi connectivity index (χ1v) is 4.51. The molecule has 0 aliphatic carbocycles. The van der Waals surface area contributed by atoms with Crippen molar-refractivity contribution in [3.8, 4) is 0 Å². The van der Waals surface area contributed by atoms with E-state index in [1.54, 1.807) is 6.21 Å². The third kappa shape index (κ3) is 1.96. The molecule has 0 saturated heterocycles. The Morgan fingerprint density at radius 1 is 1.33 bits per heavy atom. The molecule has 15 heavy (non-hydrogen) atoms. The zero-order valence-electron chi connectivity index (χ0n) is 8.07. The molecule has 6 N–H and O–H groups in total. The molecule has 5 heteroatoms. The summed E-state index contributed by atoms with van der Waals surface area (Å²) in [6.07, 6.45) is 3.62. The largest absolute Gasteiger partial charge is 0.365 e. The summed E-state index contributed by atoms with van der Waals surface area (Å²) in [5.41, 5.74) is 12.5. The molecule has 0 fully saturated rings. The number of hydrogen-bond acceptors (Lipinski definition) is 1. The van der Waals surface area contributed by atoms with Gasteiger partial charge in [-0.05, 0) is 6.07 Å². The van der Waals surface area contributed by atoms with Crippen LogP contribution in [0.3, 0.4) is 0 Å². The van der Waals surface area contributed by atoms with Gasteiger partial charge in [-0.3, -0.25) is 0 Å². The predicted octanol–water partition coefficient (Wildman–Crippen LogP) is -1.14. The second-order valence-electron chi connectivity index (χ2n) is 3.10. The number of hydrazone groups is 1. The molecule has 0 atom stereocenters. The zero-order valence-corrected chi connectivity index (χ0v) is 8.07. The van der Waals surface area contributed by atoms with Crippen molar-refractivity contribution in [2.75, 3.05) is 0 Å². The Kier molecular flexibility index (Phi) is 2.37. The van der Waals surface area contributed by atoms with Crippen LogP contribution in [0.25, 0.3) is 10.9 Å². The number of para-hydroxylation sites is 1. The Hall–Kier alpha value is -2.30. The summed E-state index contributed by atoms with van der Waals surface area (Å²) in [4.78, 5) is 3.14. The second-order valence-corrected chi connectivity index (χ2v) is 3.10. The van der Waals surface area contributed by atoms with Crippen molar-refractivity contribution >= 4 is 23.1 Å². The Morgan fingerprint density at radius 2 is 2.13 bits per heavy atom. The van der Waals surface area contributed by atoms with Gasteiger partial charge >= 0.3 is 0 Å². The van der Waals surface area contributed by atoms with Crippen LogP contribution in [0.15, 0.2) is 35.6 Å². The van der Waals surface area contributed by atoms with Gasteiger partial charge < -0.3 is 16.5 Å². The normalized spacial score (nSPS) is 10.9. The first kappa shape index (κ1) is 9.26. The van der Waals surface area contributed by atoms with Crippen LogP contribution in [0.4, 0.5) is 0 Å². The molecule has 0 bridgehead atoms. The minimum atomic E-state index is 0.00564. The fraction of sp³-hybridized carbons (Fsp3) is 0. The van der Waals surface area contributed by atoms with Gasteiger partial charge in [0.05, 0.1) is 5.56 Å². The van der Waals surface area contributed by atoms with Crippen molar-refractivity contribution in [1.82, 2.24) is 4.98 Å². The molecule has 1 heterocycles. The maximum atomic E-state index is 5.18. The SMILES string of the molecule is NC(N)=N/[NH+]=C/c1c[nH]c2ccccc12. The van der Waals surface area contributed by atoms with Gasteiger partial charge in [0.25, 0.3) is 5.96 Å². The smallest absolute Gasteiger partial charge is 0.256 e. The molecule has 2 aromatic rings. The summed E-state index contributed by atoms with van der Waals surface area (Å²) in [7, 11) is 0. The van der Waals surface area contributed by atoms with Crippen LogP contribution in [0.2, 0.25) is 0 Å². The molecule has 0 radical (unpaired) electrons. The monoisotopic (exact) mass is 202 g/mol. The Morgan fingerprint density at radius 3 is 2.93 bits per heavy atom. The molecule has 0 amide bonds. The van der Waals surface area contributed by atoms with E-state index in [0.717, 1.165) is 16.5 Å². The van der Waals surface area contributed by atoms with Gasteiger partial charge in [0.15, 0.2) is 0 Å². The van der Waals surface area contributed by atoms with E-state index in [1.165, 1.54) is 0 Å². The van der Waals surface area contributed by atoms with Gasteiger partial charge in [0, 0.05) is 22.2 Å². The number of aromatic amines is 1. The predicted molar refractivity (Wildman–Crippen MR) is 60.2 cm³/mol. The van der Waals surface area contributed by atoms with E-state index in [9.17, 15) is 0 Å². The quantitative estimate of drug-likeness (QED) is 0.281. The Labute approximate surface area is 86.5 Å². The van der Waals surface area contributed by atoms with Gasteiger partial charge in [0.1, 0.15) is 0 Å². The number of aromatic nitrogens is 1. The first-order chi connectivity index (χ1) is 7.27. The summed E-state index contributed by atoms with van der Waals surface area (Å²) in [5, 5.41) is 7.45. The maximum absolute atomic E-state index is 5.18. The molecule has 0 aliphatic heterocycles. The van der Waals surface area contributed by atoms with Crippen LogP contribution in [-0.2, 0) is 0 Å². The maximum Gasteiger partial charge on any atom is 0.256 e. The molecule has 5 nitrogen and oxygen atoms in total. The third-order valence-electron chi connectivity index (χ3n) is 2.03. The van der Waals surface area contributed by atoms with Crippen LogP contribution < -0.4 is 16.6 Å². The van der Waals surface area contributed by atoms with Gasteiger partial charge in [0.2, 0.25) is 6.21 Å². The van der Waals surface area contributed by atoms with Crippen molar-refractivity contribution in [2.45, 2.75) is 0 Å². The number of hydrogen-bond donors (Lipinski definition) is 4. The molecule has 0 spiro atoms. The van der Waals surface area contributed by atoms with Gasteiger partial charge in [-0.25, -0.2) is 0 Å². The third-order valence-corrected chi connectivity index (χ3v) is 2.03. The van der Waals surface area contributed by atoms with Crippen LogP contribution in [-0.4, -0.2) is 17.2 Å². The highest BCUT2D eigenvalue weighted by molar-refractivity contribution is 5.97. The van der Waals surface area contributed by atoms with Crippen LogP contribution in [0.1, 0.15) is 5.56 Å². The fourth-order valence-electron chi connectivity index (χ4n) is 1.39. The molecule has 0 unspecified atom stereocenters. The topological polar surface area (TPSA) is 94.2 Å². The van der Waals surface area contributed by atoms with Crippen molar-refractivity contribution in [3.63, 3.8) is 0 Å². The zero-order chi connectivity index (χ0) is 10.7. The number of nitrogens with one attached hydrogen (secondary N) is 2. The molecule has 76 valence electrons. The number of nitrogens with two attached hydrogens (primary N) is 2. The van der Waals surface area contributed by atoms with Crippen molar-refractivity contribution in [1.29, 1.82) is 0 Å². The molecule has 1 aromatic carbocycles. The molecule has 2 rings (SSSR count). The molecule has 0 aliphatic rings. The van der Waals surface area contributed by atoms with Crippen molar-refractivity contribution < 1.29 is 5.10 Å². The number of fused-ring (bicyclic) bond motifs is 1. The van der Waals surface area contributed by atoms with Crippen LogP contribution >= 0.6 is 0 Å². The van der Waals surface area contributed by atoms with E-state index >= 15 is 0 Å². The van der Waals surface area contributed by atoms with Gasteiger partial charge in [-0.2, -0.15) is 0 Å². The van der Waals surface area contributed by atoms with E-state index in [-0.39, 0.29) is 5.96 Å². The number of H-pyrrole nitrogens is 1. The average Bonchev–Trinajstić information content (AvgIpc) is 2.62.